The predicted octanol–water partition coefficient (Wildman–Crippen LogP) is 1.94. The van der Waals surface area contributed by atoms with E-state index in [1.54, 1.807) is 0 Å². The van der Waals surface area contributed by atoms with Crippen molar-refractivity contribution in [1.29, 1.82) is 0 Å². The second-order valence-electron chi connectivity index (χ2n) is 4.47. The lowest BCUT2D eigenvalue weighted by Gasteiger charge is -2.14. The molecule has 2 rings (SSSR count). The molecule has 0 unspecified atom stereocenters. The number of benzene rings is 1. The van der Waals surface area contributed by atoms with Crippen LogP contribution < -0.4 is 5.32 Å². The summed E-state index contributed by atoms with van der Waals surface area (Å²) in [4.78, 5) is 14.7. The highest BCUT2D eigenvalue weighted by Gasteiger charge is 2.14. The monoisotopic (exact) mass is 268 g/mol. The minimum absolute atomic E-state index is 0.0592. The SMILES string of the molecule is O=C(NCCN1CCCC1)c1cc(S)ccc1F. The lowest BCUT2D eigenvalue weighted by Crippen LogP contribution is -2.33. The topological polar surface area (TPSA) is 32.3 Å². The van der Waals surface area contributed by atoms with Crippen molar-refractivity contribution in [3.05, 3.63) is 29.6 Å². The van der Waals surface area contributed by atoms with Crippen LogP contribution in [0.15, 0.2) is 23.1 Å². The average molecular weight is 268 g/mol. The fourth-order valence-corrected chi connectivity index (χ4v) is 2.32. The van der Waals surface area contributed by atoms with E-state index in [0.717, 1.165) is 19.6 Å². The number of likely N-dealkylation sites (tertiary alicyclic amines) is 1. The molecule has 0 aromatic heterocycles. The summed E-state index contributed by atoms with van der Waals surface area (Å²) >= 11 is 4.10. The van der Waals surface area contributed by atoms with Crippen molar-refractivity contribution < 1.29 is 9.18 Å². The maximum Gasteiger partial charge on any atom is 0.254 e. The van der Waals surface area contributed by atoms with Crippen LogP contribution in [0.1, 0.15) is 23.2 Å². The average Bonchev–Trinajstić information content (AvgIpc) is 2.85. The van der Waals surface area contributed by atoms with Crippen LogP contribution in [0.25, 0.3) is 0 Å². The van der Waals surface area contributed by atoms with Crippen LogP contribution in [-0.2, 0) is 0 Å². The Balaban J connectivity index is 1.85. The van der Waals surface area contributed by atoms with E-state index < -0.39 is 5.82 Å². The van der Waals surface area contributed by atoms with Gasteiger partial charge in [0.15, 0.2) is 0 Å². The smallest absolute Gasteiger partial charge is 0.254 e. The van der Waals surface area contributed by atoms with E-state index in [1.165, 1.54) is 31.0 Å². The number of rotatable bonds is 4. The fraction of sp³-hybridized carbons (Fsp3) is 0.462. The van der Waals surface area contributed by atoms with Crippen LogP contribution in [-0.4, -0.2) is 37.0 Å². The van der Waals surface area contributed by atoms with Gasteiger partial charge in [-0.15, -0.1) is 12.6 Å². The summed E-state index contributed by atoms with van der Waals surface area (Å²) in [6.45, 7) is 3.57. The van der Waals surface area contributed by atoms with E-state index >= 15 is 0 Å². The molecule has 0 bridgehead atoms. The normalized spacial score (nSPS) is 15.9. The van der Waals surface area contributed by atoms with E-state index in [0.29, 0.717) is 11.4 Å². The lowest BCUT2D eigenvalue weighted by atomic mass is 10.2. The summed E-state index contributed by atoms with van der Waals surface area (Å²) < 4.78 is 13.4. The Hall–Kier alpha value is -1.07. The third-order valence-electron chi connectivity index (χ3n) is 3.11. The predicted molar refractivity (Wildman–Crippen MR) is 71.7 cm³/mol. The van der Waals surface area contributed by atoms with Gasteiger partial charge in [0.1, 0.15) is 5.82 Å². The first-order chi connectivity index (χ1) is 8.66. The Kier molecular flexibility index (Phi) is 4.60. The number of hydrogen-bond acceptors (Lipinski definition) is 3. The molecule has 1 aliphatic rings. The molecule has 1 amide bonds. The standard InChI is InChI=1S/C13H17FN2OS/c14-12-4-3-10(18)9-11(12)13(17)15-5-8-16-6-1-2-7-16/h3-4,9,18H,1-2,5-8H2,(H,15,17). The molecule has 1 aromatic rings. The van der Waals surface area contributed by atoms with Gasteiger partial charge in [0.2, 0.25) is 0 Å². The van der Waals surface area contributed by atoms with E-state index in [4.69, 9.17) is 0 Å². The van der Waals surface area contributed by atoms with Gasteiger partial charge in [-0.05, 0) is 44.1 Å². The number of nitrogens with zero attached hydrogens (tertiary/aromatic N) is 1. The third-order valence-corrected chi connectivity index (χ3v) is 3.39. The minimum Gasteiger partial charge on any atom is -0.351 e. The second kappa shape index (κ2) is 6.20. The van der Waals surface area contributed by atoms with Gasteiger partial charge in [0.25, 0.3) is 5.91 Å². The Morgan fingerprint density at radius 2 is 2.11 bits per heavy atom. The summed E-state index contributed by atoms with van der Waals surface area (Å²) in [5.41, 5.74) is 0.0592. The first-order valence-electron chi connectivity index (χ1n) is 6.16. The van der Waals surface area contributed by atoms with Crippen molar-refractivity contribution in [1.82, 2.24) is 10.2 Å². The number of carbonyl (C=O) groups is 1. The quantitative estimate of drug-likeness (QED) is 0.818. The number of carbonyl (C=O) groups excluding carboxylic acids is 1. The summed E-state index contributed by atoms with van der Waals surface area (Å²) in [6, 6.07) is 4.24. The highest BCUT2D eigenvalue weighted by Crippen LogP contribution is 2.13. The Morgan fingerprint density at radius 3 is 2.83 bits per heavy atom. The van der Waals surface area contributed by atoms with Crippen molar-refractivity contribution >= 4 is 18.5 Å². The zero-order valence-corrected chi connectivity index (χ0v) is 11.0. The molecule has 1 saturated heterocycles. The zero-order chi connectivity index (χ0) is 13.0. The van der Waals surface area contributed by atoms with Gasteiger partial charge < -0.3 is 10.2 Å². The maximum absolute atomic E-state index is 13.4. The van der Waals surface area contributed by atoms with Crippen molar-refractivity contribution in [2.24, 2.45) is 0 Å². The number of nitrogens with one attached hydrogen (secondary N) is 1. The van der Waals surface area contributed by atoms with Gasteiger partial charge in [-0.3, -0.25) is 4.79 Å². The molecule has 1 aliphatic heterocycles. The molecular formula is C13H17FN2OS. The van der Waals surface area contributed by atoms with Crippen molar-refractivity contribution in [2.75, 3.05) is 26.2 Å². The molecule has 1 N–H and O–H groups in total. The van der Waals surface area contributed by atoms with Crippen LogP contribution in [0.3, 0.4) is 0 Å². The molecule has 1 aromatic carbocycles. The zero-order valence-electron chi connectivity index (χ0n) is 10.2. The lowest BCUT2D eigenvalue weighted by molar-refractivity contribution is 0.0945. The molecule has 0 saturated carbocycles. The largest absolute Gasteiger partial charge is 0.351 e. The first-order valence-corrected chi connectivity index (χ1v) is 6.60. The van der Waals surface area contributed by atoms with Crippen molar-refractivity contribution in [3.8, 4) is 0 Å². The summed E-state index contributed by atoms with van der Waals surface area (Å²) in [5.74, 6) is -0.880. The molecule has 3 nitrogen and oxygen atoms in total. The van der Waals surface area contributed by atoms with Crippen LogP contribution in [0.5, 0.6) is 0 Å². The number of halogens is 1. The summed E-state index contributed by atoms with van der Waals surface area (Å²) in [5, 5.41) is 2.74. The van der Waals surface area contributed by atoms with Gasteiger partial charge in [-0.25, -0.2) is 4.39 Å². The minimum atomic E-state index is -0.508. The molecule has 1 heterocycles. The molecule has 18 heavy (non-hydrogen) atoms. The molecule has 0 aliphatic carbocycles. The molecule has 98 valence electrons. The van der Waals surface area contributed by atoms with Gasteiger partial charge in [0.05, 0.1) is 5.56 Å². The van der Waals surface area contributed by atoms with Crippen LogP contribution in [0.2, 0.25) is 0 Å². The number of hydrogen-bond donors (Lipinski definition) is 2. The summed E-state index contributed by atoms with van der Waals surface area (Å²) in [7, 11) is 0. The Morgan fingerprint density at radius 1 is 1.39 bits per heavy atom. The van der Waals surface area contributed by atoms with E-state index in [2.05, 4.69) is 22.8 Å². The van der Waals surface area contributed by atoms with Crippen LogP contribution in [0, 0.1) is 5.82 Å². The highest BCUT2D eigenvalue weighted by atomic mass is 32.1. The molecule has 0 atom stereocenters. The second-order valence-corrected chi connectivity index (χ2v) is 4.99. The van der Waals surface area contributed by atoms with Gasteiger partial charge in [0, 0.05) is 18.0 Å². The van der Waals surface area contributed by atoms with Crippen LogP contribution in [0.4, 0.5) is 4.39 Å². The molecule has 0 radical (unpaired) electrons. The third kappa shape index (κ3) is 3.46. The highest BCUT2D eigenvalue weighted by molar-refractivity contribution is 7.80. The maximum atomic E-state index is 13.4. The molecule has 5 heteroatoms. The number of thiol groups is 1. The van der Waals surface area contributed by atoms with Crippen LogP contribution >= 0.6 is 12.6 Å². The molecular weight excluding hydrogens is 251 g/mol. The van der Waals surface area contributed by atoms with E-state index in [9.17, 15) is 9.18 Å². The van der Waals surface area contributed by atoms with Gasteiger partial charge in [-0.2, -0.15) is 0 Å². The first kappa shape index (κ1) is 13.4. The fourth-order valence-electron chi connectivity index (χ4n) is 2.12. The molecule has 0 spiro atoms. The van der Waals surface area contributed by atoms with Gasteiger partial charge in [-0.1, -0.05) is 0 Å². The summed E-state index contributed by atoms with van der Waals surface area (Å²) in [6.07, 6.45) is 2.45. The Bertz CT molecular complexity index is 433. The number of amides is 1. The van der Waals surface area contributed by atoms with Gasteiger partial charge >= 0.3 is 0 Å². The Labute approximate surface area is 112 Å². The van der Waals surface area contributed by atoms with Crippen molar-refractivity contribution in [2.45, 2.75) is 17.7 Å². The molecule has 1 fully saturated rings. The van der Waals surface area contributed by atoms with E-state index in [1.807, 2.05) is 0 Å². The van der Waals surface area contributed by atoms with E-state index in [-0.39, 0.29) is 11.5 Å². The van der Waals surface area contributed by atoms with Crippen molar-refractivity contribution in [3.63, 3.8) is 0 Å².